The Hall–Kier alpha value is -3.21. The number of carboxylic acid groups (broad SMARTS) is 1. The smallest absolute Gasteiger partial charge is 0.303 e. The van der Waals surface area contributed by atoms with Crippen molar-refractivity contribution in [2.24, 2.45) is 0 Å². The molecule has 0 spiro atoms. The van der Waals surface area contributed by atoms with E-state index in [0.29, 0.717) is 18.9 Å². The third kappa shape index (κ3) is 6.55. The van der Waals surface area contributed by atoms with Crippen LogP contribution in [-0.2, 0) is 17.8 Å². The Bertz CT molecular complexity index is 834. The van der Waals surface area contributed by atoms with Crippen LogP contribution < -0.4 is 4.74 Å². The number of hydrogen-bond donors (Lipinski definition) is 1. The highest BCUT2D eigenvalue weighted by molar-refractivity contribution is 5.67. The summed E-state index contributed by atoms with van der Waals surface area (Å²) in [6, 6.07) is 19.1. The molecule has 1 N–H and O–H groups in total. The minimum absolute atomic E-state index is 0.128. The van der Waals surface area contributed by atoms with Gasteiger partial charge < -0.3 is 9.84 Å². The number of rotatable bonds is 7. The third-order valence-electron chi connectivity index (χ3n) is 3.68. The van der Waals surface area contributed by atoms with E-state index < -0.39 is 5.97 Å². The highest BCUT2D eigenvalue weighted by atomic mass is 16.5. The van der Waals surface area contributed by atoms with Crippen LogP contribution in [0.15, 0.2) is 66.9 Å². The number of carboxylic acids is 1. The zero-order valence-corrected chi connectivity index (χ0v) is 15.6. The Balaban J connectivity index is 0.00000126. The SMILES string of the molecule is CC.O=C(O)CCc1ccc(OCc2ccnc(-c3ccccc3)n2)cc1. The zero-order chi connectivity index (χ0) is 19.5. The van der Waals surface area contributed by atoms with Gasteiger partial charge >= 0.3 is 5.97 Å². The summed E-state index contributed by atoms with van der Waals surface area (Å²) in [6.07, 6.45) is 2.37. The number of aliphatic carboxylic acids is 1. The van der Waals surface area contributed by atoms with Crippen LogP contribution in [0.3, 0.4) is 0 Å². The lowest BCUT2D eigenvalue weighted by molar-refractivity contribution is -0.136. The van der Waals surface area contributed by atoms with E-state index in [-0.39, 0.29) is 6.42 Å². The van der Waals surface area contributed by atoms with Crippen molar-refractivity contribution in [3.05, 3.63) is 78.1 Å². The van der Waals surface area contributed by atoms with Gasteiger partial charge in [0.1, 0.15) is 12.4 Å². The fraction of sp³-hybridized carbons (Fsp3) is 0.227. The highest BCUT2D eigenvalue weighted by Crippen LogP contribution is 2.17. The molecule has 0 aliphatic carbocycles. The summed E-state index contributed by atoms with van der Waals surface area (Å²) < 4.78 is 5.76. The molecule has 0 bridgehead atoms. The second-order valence-corrected chi connectivity index (χ2v) is 5.56. The summed E-state index contributed by atoms with van der Waals surface area (Å²) in [4.78, 5) is 19.4. The maximum absolute atomic E-state index is 10.6. The largest absolute Gasteiger partial charge is 0.487 e. The number of benzene rings is 2. The van der Waals surface area contributed by atoms with Crippen LogP contribution >= 0.6 is 0 Å². The fourth-order valence-electron chi connectivity index (χ4n) is 2.36. The minimum atomic E-state index is -0.793. The molecule has 5 nitrogen and oxygen atoms in total. The Morgan fingerprint density at radius 1 is 1.00 bits per heavy atom. The number of carbonyl (C=O) groups is 1. The van der Waals surface area contributed by atoms with Gasteiger partial charge in [0.2, 0.25) is 0 Å². The molecule has 0 unspecified atom stereocenters. The maximum atomic E-state index is 10.6. The molecule has 5 heteroatoms. The number of ether oxygens (including phenoxy) is 1. The summed E-state index contributed by atoms with van der Waals surface area (Å²) in [5.74, 6) is 0.600. The predicted octanol–water partition coefficient (Wildman–Crippen LogP) is 4.77. The van der Waals surface area contributed by atoms with Gasteiger partial charge in [-0.1, -0.05) is 56.3 Å². The Kier molecular flexibility index (Phi) is 7.97. The Morgan fingerprint density at radius 2 is 1.70 bits per heavy atom. The van der Waals surface area contributed by atoms with Gasteiger partial charge in [0, 0.05) is 18.2 Å². The molecule has 0 atom stereocenters. The molecule has 1 heterocycles. The second kappa shape index (κ2) is 10.7. The van der Waals surface area contributed by atoms with Crippen LogP contribution in [-0.4, -0.2) is 21.0 Å². The molecule has 0 radical (unpaired) electrons. The normalized spacial score (nSPS) is 9.85. The van der Waals surface area contributed by atoms with E-state index in [4.69, 9.17) is 9.84 Å². The number of aryl methyl sites for hydroxylation is 1. The minimum Gasteiger partial charge on any atom is -0.487 e. The van der Waals surface area contributed by atoms with Crippen molar-refractivity contribution in [1.29, 1.82) is 0 Å². The van der Waals surface area contributed by atoms with Crippen LogP contribution in [0.5, 0.6) is 5.75 Å². The van der Waals surface area contributed by atoms with Crippen molar-refractivity contribution in [1.82, 2.24) is 9.97 Å². The van der Waals surface area contributed by atoms with Crippen LogP contribution in [0, 0.1) is 0 Å². The van der Waals surface area contributed by atoms with Crippen molar-refractivity contribution < 1.29 is 14.6 Å². The molecule has 0 saturated carbocycles. The van der Waals surface area contributed by atoms with E-state index in [2.05, 4.69) is 9.97 Å². The van der Waals surface area contributed by atoms with Crippen molar-refractivity contribution in [2.45, 2.75) is 33.3 Å². The van der Waals surface area contributed by atoms with E-state index in [1.807, 2.05) is 74.5 Å². The van der Waals surface area contributed by atoms with Gasteiger partial charge in [0.15, 0.2) is 5.82 Å². The maximum Gasteiger partial charge on any atom is 0.303 e. The van der Waals surface area contributed by atoms with Crippen molar-refractivity contribution in [3.63, 3.8) is 0 Å². The molecule has 0 amide bonds. The lowest BCUT2D eigenvalue weighted by atomic mass is 10.1. The van der Waals surface area contributed by atoms with Crippen molar-refractivity contribution in [3.8, 4) is 17.1 Å². The van der Waals surface area contributed by atoms with E-state index in [1.54, 1.807) is 6.20 Å². The van der Waals surface area contributed by atoms with Gasteiger partial charge in [-0.2, -0.15) is 0 Å². The van der Waals surface area contributed by atoms with Gasteiger partial charge in [0.25, 0.3) is 0 Å². The van der Waals surface area contributed by atoms with Gasteiger partial charge in [-0.15, -0.1) is 0 Å². The van der Waals surface area contributed by atoms with Gasteiger partial charge in [-0.25, -0.2) is 9.97 Å². The molecular formula is C22H24N2O3. The van der Waals surface area contributed by atoms with E-state index in [1.165, 1.54) is 0 Å². The van der Waals surface area contributed by atoms with Crippen molar-refractivity contribution >= 4 is 5.97 Å². The monoisotopic (exact) mass is 364 g/mol. The van der Waals surface area contributed by atoms with Crippen LogP contribution in [0.4, 0.5) is 0 Å². The molecule has 1 aromatic heterocycles. The molecule has 0 aliphatic rings. The lowest BCUT2D eigenvalue weighted by Crippen LogP contribution is -2.01. The Morgan fingerprint density at radius 3 is 2.37 bits per heavy atom. The van der Waals surface area contributed by atoms with Gasteiger partial charge in [0.05, 0.1) is 5.69 Å². The molecular weight excluding hydrogens is 340 g/mol. The molecule has 3 aromatic rings. The first-order valence-corrected chi connectivity index (χ1v) is 9.01. The first-order chi connectivity index (χ1) is 13.2. The highest BCUT2D eigenvalue weighted by Gasteiger charge is 2.04. The molecule has 27 heavy (non-hydrogen) atoms. The lowest BCUT2D eigenvalue weighted by Gasteiger charge is -2.08. The first-order valence-electron chi connectivity index (χ1n) is 9.01. The summed E-state index contributed by atoms with van der Waals surface area (Å²) in [5.41, 5.74) is 2.74. The van der Waals surface area contributed by atoms with Crippen LogP contribution in [0.1, 0.15) is 31.5 Å². The first kappa shape index (κ1) is 20.1. The van der Waals surface area contributed by atoms with E-state index >= 15 is 0 Å². The number of aromatic nitrogens is 2. The zero-order valence-electron chi connectivity index (χ0n) is 15.6. The number of hydrogen-bond acceptors (Lipinski definition) is 4. The topological polar surface area (TPSA) is 72.3 Å². The van der Waals surface area contributed by atoms with Gasteiger partial charge in [-0.3, -0.25) is 4.79 Å². The standard InChI is InChI=1S/C20H18N2O3.C2H6/c23-19(24)11-8-15-6-9-18(10-7-15)25-14-17-12-13-21-20(22-17)16-4-2-1-3-5-16;1-2/h1-7,9-10,12-13H,8,11,14H2,(H,23,24);1-2H3. The summed E-state index contributed by atoms with van der Waals surface area (Å²) in [5, 5.41) is 8.71. The van der Waals surface area contributed by atoms with Crippen LogP contribution in [0.2, 0.25) is 0 Å². The average molecular weight is 364 g/mol. The predicted molar refractivity (Wildman–Crippen MR) is 106 cm³/mol. The molecule has 0 saturated heterocycles. The summed E-state index contributed by atoms with van der Waals surface area (Å²) in [6.45, 7) is 4.34. The fourth-order valence-corrected chi connectivity index (χ4v) is 2.36. The van der Waals surface area contributed by atoms with Crippen molar-refractivity contribution in [2.75, 3.05) is 0 Å². The third-order valence-corrected chi connectivity index (χ3v) is 3.68. The quantitative estimate of drug-likeness (QED) is 0.654. The number of nitrogens with zero attached hydrogens (tertiary/aromatic N) is 2. The molecule has 0 aliphatic heterocycles. The average Bonchev–Trinajstić information content (AvgIpc) is 2.74. The van der Waals surface area contributed by atoms with Crippen LogP contribution in [0.25, 0.3) is 11.4 Å². The van der Waals surface area contributed by atoms with Gasteiger partial charge in [-0.05, 0) is 30.2 Å². The van der Waals surface area contributed by atoms with E-state index in [9.17, 15) is 4.79 Å². The Labute approximate surface area is 159 Å². The molecule has 0 fully saturated rings. The summed E-state index contributed by atoms with van der Waals surface area (Å²) >= 11 is 0. The van der Waals surface area contributed by atoms with E-state index in [0.717, 1.165) is 22.6 Å². The summed E-state index contributed by atoms with van der Waals surface area (Å²) in [7, 11) is 0. The molecule has 140 valence electrons. The molecule has 2 aromatic carbocycles. The molecule has 3 rings (SSSR count). The second-order valence-electron chi connectivity index (χ2n) is 5.56.